The first-order valence-electron chi connectivity index (χ1n) is 8.11. The van der Waals surface area contributed by atoms with E-state index < -0.39 is 0 Å². The van der Waals surface area contributed by atoms with Crippen molar-refractivity contribution in [3.05, 3.63) is 58.3 Å². The highest BCUT2D eigenvalue weighted by Gasteiger charge is 2.26. The number of nitrogens with one attached hydrogen (secondary N) is 1. The van der Waals surface area contributed by atoms with Gasteiger partial charge in [-0.3, -0.25) is 0 Å². The molecule has 0 saturated carbocycles. The lowest BCUT2D eigenvalue weighted by Crippen LogP contribution is -2.37. The molecule has 2 atom stereocenters. The summed E-state index contributed by atoms with van der Waals surface area (Å²) in [5, 5.41) is 23.9. The van der Waals surface area contributed by atoms with Crippen LogP contribution in [-0.4, -0.2) is 16.3 Å². The fraction of sp³-hybridized carbons (Fsp3) is 0.368. The maximum absolute atomic E-state index is 10.2. The highest BCUT2D eigenvalue weighted by molar-refractivity contribution is 5.50. The summed E-state index contributed by atoms with van der Waals surface area (Å²) in [7, 11) is 0. The van der Waals surface area contributed by atoms with Crippen LogP contribution in [-0.2, 0) is 0 Å². The van der Waals surface area contributed by atoms with Gasteiger partial charge in [0.2, 0.25) is 0 Å². The summed E-state index contributed by atoms with van der Waals surface area (Å²) in [5.74, 6) is 0.241. The fourth-order valence-corrected chi connectivity index (χ4v) is 3.62. The summed E-state index contributed by atoms with van der Waals surface area (Å²) < 4.78 is 0. The number of allylic oxidation sites excluding steroid dienone is 3. The Morgan fingerprint density at radius 2 is 1.96 bits per heavy atom. The smallest absolute Gasteiger partial charge is 0.124 e. The molecule has 1 aromatic rings. The van der Waals surface area contributed by atoms with Gasteiger partial charge in [-0.1, -0.05) is 18.2 Å². The number of nitrogens with two attached hydrogens (primary N) is 1. The second-order valence-corrected chi connectivity index (χ2v) is 6.43. The van der Waals surface area contributed by atoms with Gasteiger partial charge >= 0.3 is 0 Å². The summed E-state index contributed by atoms with van der Waals surface area (Å²) >= 11 is 0. The van der Waals surface area contributed by atoms with E-state index in [1.54, 1.807) is 12.1 Å². The molecule has 0 saturated heterocycles. The Labute approximate surface area is 137 Å². The average Bonchev–Trinajstić information content (AvgIpc) is 2.46. The third-order valence-corrected chi connectivity index (χ3v) is 4.64. The zero-order chi connectivity index (χ0) is 16.6. The van der Waals surface area contributed by atoms with E-state index in [1.165, 1.54) is 5.57 Å². The van der Waals surface area contributed by atoms with Gasteiger partial charge in [0.1, 0.15) is 11.5 Å². The minimum atomic E-state index is -0.185. The molecule has 2 aliphatic carbocycles. The fourth-order valence-electron chi connectivity index (χ4n) is 3.62. The summed E-state index contributed by atoms with van der Waals surface area (Å²) in [6.45, 7) is 3.79. The number of aromatic hydroxyl groups is 2. The lowest BCUT2D eigenvalue weighted by Gasteiger charge is -2.31. The molecule has 2 aliphatic rings. The predicted molar refractivity (Wildman–Crippen MR) is 92.1 cm³/mol. The van der Waals surface area contributed by atoms with Crippen molar-refractivity contribution in [2.75, 3.05) is 0 Å². The van der Waals surface area contributed by atoms with Crippen molar-refractivity contribution in [1.82, 2.24) is 5.32 Å². The Morgan fingerprint density at radius 3 is 2.65 bits per heavy atom. The van der Waals surface area contributed by atoms with E-state index in [-0.39, 0.29) is 23.6 Å². The third-order valence-electron chi connectivity index (χ3n) is 4.64. The molecule has 5 N–H and O–H groups in total. The van der Waals surface area contributed by atoms with Crippen molar-refractivity contribution >= 4 is 0 Å². The normalized spacial score (nSPS) is 21.8. The van der Waals surface area contributed by atoms with Gasteiger partial charge < -0.3 is 21.3 Å². The highest BCUT2D eigenvalue weighted by Crippen LogP contribution is 2.36. The molecule has 0 aromatic heterocycles. The van der Waals surface area contributed by atoms with E-state index in [9.17, 15) is 10.2 Å². The minimum absolute atomic E-state index is 0.0988. The molecular formula is C19H24N2O2. The lowest BCUT2D eigenvalue weighted by molar-refractivity contribution is 0.407. The number of phenolic OH excluding ortho intramolecular Hbond substituents is 2. The largest absolute Gasteiger partial charge is 0.507 e. The number of phenols is 2. The number of rotatable bonds is 3. The van der Waals surface area contributed by atoms with Crippen LogP contribution in [0.15, 0.2) is 47.2 Å². The van der Waals surface area contributed by atoms with Crippen molar-refractivity contribution in [2.45, 2.75) is 45.2 Å². The van der Waals surface area contributed by atoms with Crippen LogP contribution in [0.3, 0.4) is 0 Å². The summed E-state index contributed by atoms with van der Waals surface area (Å²) in [4.78, 5) is 0. The molecule has 0 aliphatic heterocycles. The molecule has 0 radical (unpaired) electrons. The number of benzene rings is 1. The Hall–Kier alpha value is -2.20. The Bertz CT molecular complexity index is 693. The van der Waals surface area contributed by atoms with E-state index in [0.29, 0.717) is 5.56 Å². The van der Waals surface area contributed by atoms with E-state index >= 15 is 0 Å². The van der Waals surface area contributed by atoms with Crippen LogP contribution in [0, 0.1) is 6.92 Å². The molecule has 2 unspecified atom stereocenters. The van der Waals surface area contributed by atoms with Gasteiger partial charge in [-0.2, -0.15) is 0 Å². The Kier molecular flexibility index (Phi) is 4.18. The van der Waals surface area contributed by atoms with Crippen molar-refractivity contribution in [1.29, 1.82) is 0 Å². The monoisotopic (exact) mass is 312 g/mol. The van der Waals surface area contributed by atoms with E-state index in [2.05, 4.69) is 23.5 Å². The standard InChI is InChI=1S/C19H24N2O2/c1-11-9-16(22)18(17(23)10-11)12(2)21-15-8-4-6-13-5-3-7-14(20)19(13)15/h4,6-7,9-10,12,15,21-23H,3,5,8,20H2,1-2H3. The van der Waals surface area contributed by atoms with E-state index in [4.69, 9.17) is 5.73 Å². The van der Waals surface area contributed by atoms with Gasteiger partial charge in [-0.25, -0.2) is 0 Å². The molecule has 0 spiro atoms. The van der Waals surface area contributed by atoms with Crippen LogP contribution in [0.1, 0.15) is 43.4 Å². The molecule has 0 amide bonds. The molecule has 23 heavy (non-hydrogen) atoms. The van der Waals surface area contributed by atoms with Gasteiger partial charge in [0, 0.05) is 17.8 Å². The first-order valence-corrected chi connectivity index (χ1v) is 8.11. The minimum Gasteiger partial charge on any atom is -0.507 e. The van der Waals surface area contributed by atoms with Gasteiger partial charge in [-0.15, -0.1) is 0 Å². The molecule has 4 heteroatoms. The van der Waals surface area contributed by atoms with E-state index in [0.717, 1.165) is 36.1 Å². The lowest BCUT2D eigenvalue weighted by atomic mass is 9.84. The van der Waals surface area contributed by atoms with Crippen molar-refractivity contribution in [3.8, 4) is 11.5 Å². The summed E-state index contributed by atoms with van der Waals surface area (Å²) in [5.41, 5.74) is 10.9. The van der Waals surface area contributed by atoms with Gasteiger partial charge in [0.15, 0.2) is 0 Å². The van der Waals surface area contributed by atoms with E-state index in [1.807, 2.05) is 13.8 Å². The molecule has 0 bridgehead atoms. The van der Waals surface area contributed by atoms with Crippen LogP contribution in [0.5, 0.6) is 11.5 Å². The van der Waals surface area contributed by atoms with Crippen LogP contribution in [0.4, 0.5) is 0 Å². The topological polar surface area (TPSA) is 78.5 Å². The number of aryl methyl sites for hydroxylation is 1. The van der Waals surface area contributed by atoms with Crippen molar-refractivity contribution < 1.29 is 10.2 Å². The molecule has 122 valence electrons. The molecule has 4 nitrogen and oxygen atoms in total. The molecule has 3 rings (SSSR count). The first kappa shape index (κ1) is 15.7. The number of hydrogen-bond donors (Lipinski definition) is 4. The zero-order valence-corrected chi connectivity index (χ0v) is 13.6. The second-order valence-electron chi connectivity index (χ2n) is 6.43. The molecule has 0 fully saturated rings. The summed E-state index contributed by atoms with van der Waals surface area (Å²) in [6.07, 6.45) is 9.26. The third kappa shape index (κ3) is 2.99. The van der Waals surface area contributed by atoms with Crippen molar-refractivity contribution in [2.24, 2.45) is 5.73 Å². The predicted octanol–water partition coefficient (Wildman–Crippen LogP) is 3.32. The first-order chi connectivity index (χ1) is 11.0. The SMILES string of the molecule is Cc1cc(O)c(C(C)NC2CC=CC3=C2C(N)=CCC3)c(O)c1. The number of hydrogen-bond acceptors (Lipinski definition) is 4. The molecular weight excluding hydrogens is 288 g/mol. The van der Waals surface area contributed by atoms with Crippen LogP contribution < -0.4 is 11.1 Å². The Morgan fingerprint density at radius 1 is 1.26 bits per heavy atom. The second kappa shape index (κ2) is 6.13. The molecule has 0 heterocycles. The summed E-state index contributed by atoms with van der Waals surface area (Å²) in [6, 6.07) is 3.26. The van der Waals surface area contributed by atoms with Gasteiger partial charge in [0.25, 0.3) is 0 Å². The van der Waals surface area contributed by atoms with Gasteiger partial charge in [-0.05, 0) is 62.0 Å². The van der Waals surface area contributed by atoms with Crippen LogP contribution in [0.2, 0.25) is 0 Å². The molecule has 1 aromatic carbocycles. The maximum atomic E-state index is 10.2. The maximum Gasteiger partial charge on any atom is 0.124 e. The van der Waals surface area contributed by atoms with Crippen LogP contribution in [0.25, 0.3) is 0 Å². The quantitative estimate of drug-likeness (QED) is 0.690. The Balaban J connectivity index is 1.86. The van der Waals surface area contributed by atoms with Gasteiger partial charge in [0.05, 0.1) is 5.56 Å². The van der Waals surface area contributed by atoms with Crippen LogP contribution >= 0.6 is 0 Å². The average molecular weight is 312 g/mol. The highest BCUT2D eigenvalue weighted by atomic mass is 16.3. The van der Waals surface area contributed by atoms with Crippen molar-refractivity contribution in [3.63, 3.8) is 0 Å². The zero-order valence-electron chi connectivity index (χ0n) is 13.6.